The third-order valence-corrected chi connectivity index (χ3v) is 5.56. The summed E-state index contributed by atoms with van der Waals surface area (Å²) >= 11 is 0. The second-order valence-electron chi connectivity index (χ2n) is 7.60. The van der Waals surface area contributed by atoms with Gasteiger partial charge >= 0.3 is 0 Å². The lowest BCUT2D eigenvalue weighted by atomic mass is 10.1. The highest BCUT2D eigenvalue weighted by Crippen LogP contribution is 2.32. The van der Waals surface area contributed by atoms with E-state index in [2.05, 4.69) is 20.8 Å². The number of hydrogen-bond donors (Lipinski definition) is 1. The van der Waals surface area contributed by atoms with Crippen molar-refractivity contribution in [3.8, 4) is 11.4 Å². The van der Waals surface area contributed by atoms with E-state index in [0.29, 0.717) is 18.1 Å². The van der Waals surface area contributed by atoms with Gasteiger partial charge in [0.1, 0.15) is 0 Å². The Kier molecular flexibility index (Phi) is 4.66. The highest BCUT2D eigenvalue weighted by Gasteiger charge is 2.35. The summed E-state index contributed by atoms with van der Waals surface area (Å²) in [6.07, 6.45) is 0.182. The molecule has 1 N–H and O–H groups in total. The summed E-state index contributed by atoms with van der Waals surface area (Å²) in [6, 6.07) is 21.2. The Morgan fingerprint density at radius 1 is 1.06 bits per heavy atom. The van der Waals surface area contributed by atoms with Crippen LogP contribution in [-0.2, 0) is 16.6 Å². The molecule has 1 aliphatic heterocycles. The normalized spacial score (nSPS) is 16.1. The van der Waals surface area contributed by atoms with E-state index in [-0.39, 0.29) is 18.2 Å². The first-order valence-corrected chi connectivity index (χ1v) is 10.0. The molecule has 0 unspecified atom stereocenters. The molecule has 8 nitrogen and oxygen atoms in total. The number of carbonyl (C=O) groups excluding carboxylic acids is 2. The Balaban J connectivity index is 1.35. The van der Waals surface area contributed by atoms with Gasteiger partial charge in [0.25, 0.3) is 0 Å². The average molecular weight is 412 g/mol. The van der Waals surface area contributed by atoms with Crippen molar-refractivity contribution in [2.75, 3.05) is 16.8 Å². The van der Waals surface area contributed by atoms with Crippen LogP contribution in [0.5, 0.6) is 0 Å². The van der Waals surface area contributed by atoms with Crippen LogP contribution >= 0.6 is 0 Å². The Morgan fingerprint density at radius 2 is 1.87 bits per heavy atom. The maximum absolute atomic E-state index is 12.9. The van der Waals surface area contributed by atoms with Crippen molar-refractivity contribution in [2.24, 2.45) is 13.0 Å². The first kappa shape index (κ1) is 18.9. The van der Waals surface area contributed by atoms with Gasteiger partial charge in [-0.3, -0.25) is 9.59 Å². The van der Waals surface area contributed by atoms with Crippen LogP contribution in [0.2, 0.25) is 0 Å². The molecule has 0 spiro atoms. The summed E-state index contributed by atoms with van der Waals surface area (Å²) in [5.74, 6) is -0.0411. The second-order valence-corrected chi connectivity index (χ2v) is 7.60. The van der Waals surface area contributed by atoms with Crippen molar-refractivity contribution < 1.29 is 9.59 Å². The summed E-state index contributed by atoms with van der Waals surface area (Å²) < 4.78 is 1.57. The molecule has 3 aromatic carbocycles. The molecule has 0 radical (unpaired) electrons. The molecule has 5 rings (SSSR count). The van der Waals surface area contributed by atoms with Crippen molar-refractivity contribution in [3.05, 3.63) is 66.7 Å². The van der Waals surface area contributed by atoms with E-state index >= 15 is 0 Å². The molecular formula is C23H20N6O2. The van der Waals surface area contributed by atoms with Gasteiger partial charge in [-0.05, 0) is 34.0 Å². The molecule has 0 aliphatic carbocycles. The molecule has 2 amide bonds. The maximum atomic E-state index is 12.9. The highest BCUT2D eigenvalue weighted by atomic mass is 16.2. The molecule has 1 aromatic heterocycles. The van der Waals surface area contributed by atoms with Gasteiger partial charge in [-0.1, -0.05) is 48.5 Å². The molecule has 4 aromatic rings. The third-order valence-electron chi connectivity index (χ3n) is 5.56. The maximum Gasteiger partial charge on any atom is 0.229 e. The SMILES string of the molecule is Cn1nnnc1-c1cccc(NC(=O)[C@H]2CC(=O)N(c3cccc4ccccc34)C2)c1. The fourth-order valence-electron chi connectivity index (χ4n) is 4.01. The van der Waals surface area contributed by atoms with Crippen LogP contribution in [-0.4, -0.2) is 38.6 Å². The summed E-state index contributed by atoms with van der Waals surface area (Å²) in [7, 11) is 1.76. The van der Waals surface area contributed by atoms with E-state index < -0.39 is 5.92 Å². The lowest BCUT2D eigenvalue weighted by molar-refractivity contribution is -0.122. The predicted molar refractivity (Wildman–Crippen MR) is 117 cm³/mol. The molecular weight excluding hydrogens is 392 g/mol. The van der Waals surface area contributed by atoms with Gasteiger partial charge < -0.3 is 10.2 Å². The van der Waals surface area contributed by atoms with Crippen molar-refractivity contribution in [1.82, 2.24) is 20.2 Å². The molecule has 1 saturated heterocycles. The van der Waals surface area contributed by atoms with E-state index in [4.69, 9.17) is 0 Å². The van der Waals surface area contributed by atoms with Gasteiger partial charge in [-0.2, -0.15) is 0 Å². The van der Waals surface area contributed by atoms with Crippen molar-refractivity contribution >= 4 is 34.0 Å². The minimum Gasteiger partial charge on any atom is -0.326 e. The summed E-state index contributed by atoms with van der Waals surface area (Å²) in [4.78, 5) is 27.4. The molecule has 0 bridgehead atoms. The number of benzene rings is 3. The lowest BCUT2D eigenvalue weighted by Gasteiger charge is -2.19. The third kappa shape index (κ3) is 3.52. The van der Waals surface area contributed by atoms with Crippen LogP contribution < -0.4 is 10.2 Å². The Hall–Kier alpha value is -4.07. The number of fused-ring (bicyclic) bond motifs is 1. The molecule has 8 heteroatoms. The van der Waals surface area contributed by atoms with Crippen LogP contribution in [0.4, 0.5) is 11.4 Å². The van der Waals surface area contributed by atoms with Crippen LogP contribution in [0.1, 0.15) is 6.42 Å². The zero-order valence-corrected chi connectivity index (χ0v) is 16.9. The zero-order chi connectivity index (χ0) is 21.4. The number of amides is 2. The highest BCUT2D eigenvalue weighted by molar-refractivity contribution is 6.08. The fraction of sp³-hybridized carbons (Fsp3) is 0.174. The predicted octanol–water partition coefficient (Wildman–Crippen LogP) is 3.02. The van der Waals surface area contributed by atoms with Crippen molar-refractivity contribution in [2.45, 2.75) is 6.42 Å². The largest absolute Gasteiger partial charge is 0.326 e. The summed E-state index contributed by atoms with van der Waals surface area (Å²) in [6.45, 7) is 0.353. The van der Waals surface area contributed by atoms with Gasteiger partial charge in [0.2, 0.25) is 11.8 Å². The van der Waals surface area contributed by atoms with E-state index in [0.717, 1.165) is 22.0 Å². The van der Waals surface area contributed by atoms with E-state index in [1.54, 1.807) is 16.6 Å². The van der Waals surface area contributed by atoms with Crippen molar-refractivity contribution in [3.63, 3.8) is 0 Å². The van der Waals surface area contributed by atoms with Gasteiger partial charge in [0.15, 0.2) is 5.82 Å². The van der Waals surface area contributed by atoms with Crippen LogP contribution in [0.15, 0.2) is 66.7 Å². The average Bonchev–Trinajstić information content (AvgIpc) is 3.39. The number of hydrogen-bond acceptors (Lipinski definition) is 5. The fourth-order valence-corrected chi connectivity index (χ4v) is 4.01. The lowest BCUT2D eigenvalue weighted by Crippen LogP contribution is -2.28. The number of aryl methyl sites for hydroxylation is 1. The monoisotopic (exact) mass is 412 g/mol. The number of anilines is 2. The van der Waals surface area contributed by atoms with Gasteiger partial charge in [0, 0.05) is 36.7 Å². The Morgan fingerprint density at radius 3 is 2.71 bits per heavy atom. The Labute approximate surface area is 178 Å². The van der Waals surface area contributed by atoms with Crippen LogP contribution in [0.25, 0.3) is 22.2 Å². The van der Waals surface area contributed by atoms with E-state index in [1.165, 1.54) is 0 Å². The number of rotatable bonds is 4. The van der Waals surface area contributed by atoms with Crippen molar-refractivity contribution in [1.29, 1.82) is 0 Å². The first-order valence-electron chi connectivity index (χ1n) is 10.0. The molecule has 2 heterocycles. The van der Waals surface area contributed by atoms with Gasteiger partial charge in [-0.25, -0.2) is 4.68 Å². The number of tetrazole rings is 1. The smallest absolute Gasteiger partial charge is 0.229 e. The standard InChI is InChI=1S/C23H20N6O2/c1-28-22(25-26-27-28)16-8-4-9-18(12-16)24-23(31)17-13-21(30)29(14-17)20-11-5-7-15-6-2-3-10-19(15)20/h2-12,17H,13-14H2,1H3,(H,24,31)/t17-/m0/s1. The number of carbonyl (C=O) groups is 2. The number of nitrogens with zero attached hydrogens (tertiary/aromatic N) is 5. The quantitative estimate of drug-likeness (QED) is 0.556. The molecule has 1 fully saturated rings. The zero-order valence-electron chi connectivity index (χ0n) is 16.9. The number of nitrogens with one attached hydrogen (secondary N) is 1. The minimum absolute atomic E-state index is 0.0459. The van der Waals surface area contributed by atoms with Gasteiger partial charge in [0.05, 0.1) is 11.6 Å². The van der Waals surface area contributed by atoms with Crippen LogP contribution in [0, 0.1) is 5.92 Å². The second kappa shape index (κ2) is 7.64. The minimum atomic E-state index is -0.424. The van der Waals surface area contributed by atoms with Gasteiger partial charge in [-0.15, -0.1) is 5.10 Å². The number of aromatic nitrogens is 4. The first-order chi connectivity index (χ1) is 15.1. The summed E-state index contributed by atoms with van der Waals surface area (Å²) in [5, 5.41) is 16.5. The van der Waals surface area contributed by atoms with E-state index in [1.807, 2.05) is 66.7 Å². The Bertz CT molecular complexity index is 1290. The molecule has 0 saturated carbocycles. The summed E-state index contributed by atoms with van der Waals surface area (Å²) in [5.41, 5.74) is 2.28. The molecule has 154 valence electrons. The topological polar surface area (TPSA) is 93.0 Å². The molecule has 1 atom stereocenters. The molecule has 31 heavy (non-hydrogen) atoms. The van der Waals surface area contributed by atoms with Crippen LogP contribution in [0.3, 0.4) is 0 Å². The van der Waals surface area contributed by atoms with E-state index in [9.17, 15) is 9.59 Å². The molecule has 1 aliphatic rings.